The van der Waals surface area contributed by atoms with Crippen LogP contribution in [-0.4, -0.2) is 26.4 Å². The van der Waals surface area contributed by atoms with E-state index in [4.69, 9.17) is 4.42 Å². The van der Waals surface area contributed by atoms with E-state index in [1.807, 2.05) is 18.2 Å². The van der Waals surface area contributed by atoms with Gasteiger partial charge in [-0.1, -0.05) is 30.0 Å². The van der Waals surface area contributed by atoms with Crippen LogP contribution in [0.5, 0.6) is 0 Å². The van der Waals surface area contributed by atoms with Crippen LogP contribution in [-0.2, 0) is 17.9 Å². The lowest BCUT2D eigenvalue weighted by atomic mass is 10.1. The first-order valence-corrected chi connectivity index (χ1v) is 10.4. The van der Waals surface area contributed by atoms with Gasteiger partial charge in [0.2, 0.25) is 5.91 Å². The Bertz CT molecular complexity index is 1050. The van der Waals surface area contributed by atoms with Crippen molar-refractivity contribution in [3.63, 3.8) is 0 Å². The van der Waals surface area contributed by atoms with Crippen LogP contribution in [0.1, 0.15) is 12.7 Å². The molecule has 1 amide bonds. The summed E-state index contributed by atoms with van der Waals surface area (Å²) in [6.45, 7) is 3.18. The minimum atomic E-state index is -0.0652. The van der Waals surface area contributed by atoms with Gasteiger partial charge < -0.3 is 14.3 Å². The first kappa shape index (κ1) is 17.8. The topological polar surface area (TPSA) is 73.0 Å². The first-order valence-electron chi connectivity index (χ1n) is 8.58. The first-order chi connectivity index (χ1) is 13.3. The third-order valence-corrected chi connectivity index (χ3v) is 6.06. The highest BCUT2D eigenvalue weighted by atomic mass is 32.2. The fourth-order valence-corrected chi connectivity index (χ4v) is 4.58. The van der Waals surface area contributed by atoms with E-state index in [0.717, 1.165) is 28.8 Å². The van der Waals surface area contributed by atoms with Crippen LogP contribution in [0.25, 0.3) is 21.5 Å². The van der Waals surface area contributed by atoms with Crippen molar-refractivity contribution in [1.29, 1.82) is 0 Å². The summed E-state index contributed by atoms with van der Waals surface area (Å²) in [5.41, 5.74) is 1.08. The highest BCUT2D eigenvalue weighted by Gasteiger charge is 2.17. The molecule has 0 spiro atoms. The van der Waals surface area contributed by atoms with Gasteiger partial charge in [0.05, 0.1) is 18.6 Å². The van der Waals surface area contributed by atoms with E-state index in [0.29, 0.717) is 6.54 Å². The lowest BCUT2D eigenvalue weighted by Gasteiger charge is -2.07. The van der Waals surface area contributed by atoms with Gasteiger partial charge in [0.25, 0.3) is 0 Å². The van der Waals surface area contributed by atoms with E-state index in [-0.39, 0.29) is 11.7 Å². The van der Waals surface area contributed by atoms with E-state index in [9.17, 15) is 4.79 Å². The second kappa shape index (κ2) is 7.98. The van der Waals surface area contributed by atoms with Gasteiger partial charge in [0.15, 0.2) is 11.0 Å². The average molecular weight is 399 g/mol. The number of rotatable bonds is 7. The molecule has 3 heterocycles. The van der Waals surface area contributed by atoms with Gasteiger partial charge in [-0.15, -0.1) is 21.5 Å². The van der Waals surface area contributed by atoms with Crippen molar-refractivity contribution < 1.29 is 9.21 Å². The van der Waals surface area contributed by atoms with Gasteiger partial charge in [-0.2, -0.15) is 0 Å². The second-order valence-electron chi connectivity index (χ2n) is 5.84. The summed E-state index contributed by atoms with van der Waals surface area (Å²) in [5.74, 6) is 1.79. The minimum Gasteiger partial charge on any atom is -0.467 e. The van der Waals surface area contributed by atoms with Crippen molar-refractivity contribution in [1.82, 2.24) is 20.1 Å². The summed E-state index contributed by atoms with van der Waals surface area (Å²) < 4.78 is 8.50. The van der Waals surface area contributed by atoms with Crippen molar-refractivity contribution in [2.75, 3.05) is 5.75 Å². The van der Waals surface area contributed by atoms with Gasteiger partial charge in [-0.25, -0.2) is 0 Å². The molecule has 138 valence electrons. The predicted octanol–water partition coefficient (Wildman–Crippen LogP) is 4.18. The van der Waals surface area contributed by atoms with Crippen LogP contribution < -0.4 is 5.32 Å². The molecule has 8 heteroatoms. The standard InChI is InChI=1S/C19H18N4O2S2/c1-2-23-18(15-11-26-16-8-4-3-7-14(15)16)21-22-19(23)27-12-17(24)20-10-13-6-5-9-25-13/h3-9,11H,2,10,12H2,1H3,(H,20,24). The van der Waals surface area contributed by atoms with Gasteiger partial charge in [0, 0.05) is 27.6 Å². The van der Waals surface area contributed by atoms with Crippen LogP contribution >= 0.6 is 23.1 Å². The number of thioether (sulfide) groups is 1. The van der Waals surface area contributed by atoms with E-state index >= 15 is 0 Å². The Kier molecular flexibility index (Phi) is 5.26. The van der Waals surface area contributed by atoms with Gasteiger partial charge in [-0.05, 0) is 25.1 Å². The van der Waals surface area contributed by atoms with Gasteiger partial charge in [-0.3, -0.25) is 4.79 Å². The van der Waals surface area contributed by atoms with Crippen molar-refractivity contribution in [3.05, 3.63) is 53.8 Å². The molecular formula is C19H18N4O2S2. The number of nitrogens with zero attached hydrogens (tertiary/aromatic N) is 3. The molecule has 0 aliphatic heterocycles. The third-order valence-electron chi connectivity index (χ3n) is 4.13. The van der Waals surface area contributed by atoms with Crippen molar-refractivity contribution in [3.8, 4) is 11.4 Å². The lowest BCUT2D eigenvalue weighted by Crippen LogP contribution is -2.24. The van der Waals surface area contributed by atoms with E-state index in [2.05, 4.69) is 44.5 Å². The smallest absolute Gasteiger partial charge is 0.230 e. The molecule has 27 heavy (non-hydrogen) atoms. The number of hydrogen-bond acceptors (Lipinski definition) is 6. The van der Waals surface area contributed by atoms with Crippen molar-refractivity contribution in [2.24, 2.45) is 0 Å². The Hall–Kier alpha value is -2.58. The van der Waals surface area contributed by atoms with Crippen LogP contribution in [0.3, 0.4) is 0 Å². The van der Waals surface area contributed by atoms with Crippen molar-refractivity contribution in [2.45, 2.75) is 25.2 Å². The number of amides is 1. The van der Waals surface area contributed by atoms with Crippen LogP contribution in [0.15, 0.2) is 57.6 Å². The maximum absolute atomic E-state index is 12.1. The summed E-state index contributed by atoms with van der Waals surface area (Å²) in [5, 5.41) is 15.6. The lowest BCUT2D eigenvalue weighted by molar-refractivity contribution is -0.118. The molecule has 0 atom stereocenters. The number of thiophene rings is 1. The molecule has 0 bridgehead atoms. The number of carbonyl (C=O) groups excluding carboxylic acids is 1. The third kappa shape index (κ3) is 3.77. The monoisotopic (exact) mass is 398 g/mol. The molecule has 0 aliphatic rings. The number of fused-ring (bicyclic) bond motifs is 1. The fourth-order valence-electron chi connectivity index (χ4n) is 2.81. The molecule has 4 aromatic rings. The highest BCUT2D eigenvalue weighted by Crippen LogP contribution is 2.34. The van der Waals surface area contributed by atoms with Crippen LogP contribution in [0, 0.1) is 0 Å². The molecular weight excluding hydrogens is 380 g/mol. The molecule has 6 nitrogen and oxygen atoms in total. The van der Waals surface area contributed by atoms with Gasteiger partial charge in [0.1, 0.15) is 5.76 Å². The van der Waals surface area contributed by atoms with E-state index in [1.54, 1.807) is 23.7 Å². The van der Waals surface area contributed by atoms with E-state index in [1.165, 1.54) is 21.8 Å². The number of furan rings is 1. The van der Waals surface area contributed by atoms with Gasteiger partial charge >= 0.3 is 0 Å². The molecule has 3 aromatic heterocycles. The number of benzene rings is 1. The Morgan fingerprint density at radius 2 is 2.15 bits per heavy atom. The zero-order valence-electron chi connectivity index (χ0n) is 14.7. The average Bonchev–Trinajstić information content (AvgIpc) is 3.43. The number of hydrogen-bond donors (Lipinski definition) is 1. The molecule has 1 N–H and O–H groups in total. The van der Waals surface area contributed by atoms with E-state index < -0.39 is 0 Å². The molecule has 0 saturated heterocycles. The SMILES string of the molecule is CCn1c(SCC(=O)NCc2ccco2)nnc1-c1csc2ccccc12. The van der Waals surface area contributed by atoms with Crippen LogP contribution in [0.2, 0.25) is 0 Å². The molecule has 0 radical (unpaired) electrons. The summed E-state index contributed by atoms with van der Waals surface area (Å²) in [6.07, 6.45) is 1.59. The normalized spacial score (nSPS) is 11.1. The summed E-state index contributed by atoms with van der Waals surface area (Å²) in [6, 6.07) is 11.9. The number of carbonyl (C=O) groups is 1. The zero-order valence-corrected chi connectivity index (χ0v) is 16.3. The molecule has 0 fully saturated rings. The minimum absolute atomic E-state index is 0.0652. The summed E-state index contributed by atoms with van der Waals surface area (Å²) in [4.78, 5) is 12.1. The maximum Gasteiger partial charge on any atom is 0.230 e. The molecule has 1 aromatic carbocycles. The Labute approximate surface area is 164 Å². The Morgan fingerprint density at radius 1 is 1.26 bits per heavy atom. The largest absolute Gasteiger partial charge is 0.467 e. The predicted molar refractivity (Wildman–Crippen MR) is 108 cm³/mol. The highest BCUT2D eigenvalue weighted by molar-refractivity contribution is 7.99. The number of aromatic nitrogens is 3. The van der Waals surface area contributed by atoms with Crippen LogP contribution in [0.4, 0.5) is 0 Å². The Morgan fingerprint density at radius 3 is 2.96 bits per heavy atom. The molecule has 0 unspecified atom stereocenters. The quantitative estimate of drug-likeness (QED) is 0.473. The summed E-state index contributed by atoms with van der Waals surface area (Å²) >= 11 is 3.09. The second-order valence-corrected chi connectivity index (χ2v) is 7.69. The fraction of sp³-hybridized carbons (Fsp3) is 0.211. The Balaban J connectivity index is 1.47. The maximum atomic E-state index is 12.1. The number of nitrogens with one attached hydrogen (secondary N) is 1. The summed E-state index contributed by atoms with van der Waals surface area (Å²) in [7, 11) is 0. The zero-order chi connectivity index (χ0) is 18.6. The molecule has 0 aliphatic carbocycles. The molecule has 0 saturated carbocycles. The van der Waals surface area contributed by atoms with Crippen molar-refractivity contribution >= 4 is 39.1 Å². The molecule has 4 rings (SSSR count).